The molecule has 0 aliphatic carbocycles. The molecule has 0 spiro atoms. The Hall–Kier alpha value is -3.78. The van der Waals surface area contributed by atoms with Gasteiger partial charge < -0.3 is 9.47 Å². The van der Waals surface area contributed by atoms with Gasteiger partial charge in [0, 0.05) is 5.56 Å². The van der Waals surface area contributed by atoms with Crippen molar-refractivity contribution in [1.82, 2.24) is 9.66 Å². The van der Waals surface area contributed by atoms with Gasteiger partial charge in [-0.3, -0.25) is 4.79 Å². The van der Waals surface area contributed by atoms with E-state index in [-0.39, 0.29) is 12.2 Å². The van der Waals surface area contributed by atoms with Crippen LogP contribution in [0.15, 0.2) is 87.2 Å². The van der Waals surface area contributed by atoms with Crippen molar-refractivity contribution in [1.29, 1.82) is 0 Å². The third-order valence-corrected chi connectivity index (χ3v) is 5.61. The topological polar surface area (TPSA) is 82.8 Å². The fourth-order valence-electron chi connectivity index (χ4n) is 3.32. The molecular formula is C26H22BrN3O4. The summed E-state index contributed by atoms with van der Waals surface area (Å²) in [7, 11) is 0. The van der Waals surface area contributed by atoms with E-state index in [1.54, 1.807) is 50.4 Å². The van der Waals surface area contributed by atoms with Crippen molar-refractivity contribution in [2.75, 3.05) is 6.61 Å². The predicted octanol–water partition coefficient (Wildman–Crippen LogP) is 5.04. The summed E-state index contributed by atoms with van der Waals surface area (Å²) < 4.78 is 12.6. The Bertz CT molecular complexity index is 1420. The maximum absolute atomic E-state index is 13.2. The van der Waals surface area contributed by atoms with E-state index in [1.807, 2.05) is 42.5 Å². The standard InChI is InChI=1S/C26H22BrN3O4/c1-3-33-26(32)17(2)34-23-14-13-18(15-21(23)27)16-28-30-24(19-9-5-4-6-10-19)29-22-12-8-7-11-20(22)25(30)31/h4-17H,3H2,1-2H3/t17-/m1/s1. The summed E-state index contributed by atoms with van der Waals surface area (Å²) in [5.74, 6) is 0.506. The highest BCUT2D eigenvalue weighted by Gasteiger charge is 2.17. The van der Waals surface area contributed by atoms with Gasteiger partial charge in [-0.15, -0.1) is 0 Å². The van der Waals surface area contributed by atoms with Crippen LogP contribution in [0, 0.1) is 0 Å². The number of benzene rings is 3. The van der Waals surface area contributed by atoms with Gasteiger partial charge in [0.2, 0.25) is 0 Å². The molecule has 0 unspecified atom stereocenters. The highest BCUT2D eigenvalue weighted by Crippen LogP contribution is 2.27. The maximum atomic E-state index is 13.2. The van der Waals surface area contributed by atoms with E-state index >= 15 is 0 Å². The lowest BCUT2D eigenvalue weighted by Gasteiger charge is -2.14. The Morgan fingerprint density at radius 2 is 1.85 bits per heavy atom. The lowest BCUT2D eigenvalue weighted by atomic mass is 10.2. The molecule has 3 aromatic carbocycles. The fourth-order valence-corrected chi connectivity index (χ4v) is 3.81. The molecule has 4 rings (SSSR count). The maximum Gasteiger partial charge on any atom is 0.347 e. The number of hydrogen-bond acceptors (Lipinski definition) is 6. The van der Waals surface area contributed by atoms with Crippen LogP contribution in [0.1, 0.15) is 19.4 Å². The van der Waals surface area contributed by atoms with E-state index in [1.165, 1.54) is 4.68 Å². The zero-order valence-electron chi connectivity index (χ0n) is 18.6. The summed E-state index contributed by atoms with van der Waals surface area (Å²) in [4.78, 5) is 29.8. The van der Waals surface area contributed by atoms with E-state index in [4.69, 9.17) is 14.5 Å². The van der Waals surface area contributed by atoms with Crippen LogP contribution in [0.2, 0.25) is 0 Å². The van der Waals surface area contributed by atoms with Gasteiger partial charge in [0.25, 0.3) is 5.56 Å². The number of para-hydroxylation sites is 1. The zero-order valence-corrected chi connectivity index (χ0v) is 20.2. The predicted molar refractivity (Wildman–Crippen MR) is 135 cm³/mol. The summed E-state index contributed by atoms with van der Waals surface area (Å²) in [6.45, 7) is 3.66. The molecule has 0 saturated heterocycles. The molecule has 0 saturated carbocycles. The molecule has 4 aromatic rings. The second kappa shape index (κ2) is 10.4. The number of aromatic nitrogens is 2. The number of fused-ring (bicyclic) bond motifs is 1. The van der Waals surface area contributed by atoms with Gasteiger partial charge in [-0.2, -0.15) is 9.78 Å². The van der Waals surface area contributed by atoms with E-state index in [2.05, 4.69) is 21.0 Å². The average Bonchev–Trinajstić information content (AvgIpc) is 2.85. The fraction of sp³-hybridized carbons (Fsp3) is 0.154. The first-order chi connectivity index (χ1) is 16.5. The Morgan fingerprint density at radius 3 is 2.59 bits per heavy atom. The molecule has 0 N–H and O–H groups in total. The highest BCUT2D eigenvalue weighted by atomic mass is 79.9. The lowest BCUT2D eigenvalue weighted by molar-refractivity contribution is -0.150. The van der Waals surface area contributed by atoms with Crippen LogP contribution in [0.25, 0.3) is 22.3 Å². The van der Waals surface area contributed by atoms with Crippen molar-refractivity contribution in [3.8, 4) is 17.1 Å². The minimum Gasteiger partial charge on any atom is -0.478 e. The van der Waals surface area contributed by atoms with Gasteiger partial charge in [-0.1, -0.05) is 42.5 Å². The number of nitrogens with zero attached hydrogens (tertiary/aromatic N) is 3. The smallest absolute Gasteiger partial charge is 0.347 e. The first-order valence-electron chi connectivity index (χ1n) is 10.7. The number of esters is 1. The Morgan fingerprint density at radius 1 is 1.12 bits per heavy atom. The minimum atomic E-state index is -0.744. The largest absolute Gasteiger partial charge is 0.478 e. The zero-order chi connectivity index (χ0) is 24.1. The lowest BCUT2D eigenvalue weighted by Crippen LogP contribution is -2.26. The SMILES string of the molecule is CCOC(=O)[C@@H](C)Oc1ccc(C=Nn2c(-c3ccccc3)nc3ccccc3c2=O)cc1Br. The second-order valence-electron chi connectivity index (χ2n) is 7.38. The van der Waals surface area contributed by atoms with Gasteiger partial charge in [0.1, 0.15) is 5.75 Å². The van der Waals surface area contributed by atoms with Gasteiger partial charge in [-0.05, 0) is 65.7 Å². The summed E-state index contributed by atoms with van der Waals surface area (Å²) in [5, 5.41) is 4.95. The Labute approximate surface area is 204 Å². The second-order valence-corrected chi connectivity index (χ2v) is 8.24. The van der Waals surface area contributed by atoms with Gasteiger partial charge >= 0.3 is 5.97 Å². The van der Waals surface area contributed by atoms with Crippen molar-refractivity contribution < 1.29 is 14.3 Å². The van der Waals surface area contributed by atoms with Crippen molar-refractivity contribution in [2.24, 2.45) is 5.10 Å². The number of ether oxygens (including phenoxy) is 2. The molecule has 1 heterocycles. The van der Waals surface area contributed by atoms with E-state index in [0.717, 1.165) is 11.1 Å². The van der Waals surface area contributed by atoms with Gasteiger partial charge in [0.05, 0.1) is 28.2 Å². The number of halogens is 1. The molecular weight excluding hydrogens is 498 g/mol. The monoisotopic (exact) mass is 519 g/mol. The van der Waals surface area contributed by atoms with Crippen LogP contribution in [0.5, 0.6) is 5.75 Å². The summed E-state index contributed by atoms with van der Waals surface area (Å²) in [6.07, 6.45) is 0.833. The Balaban J connectivity index is 1.69. The molecule has 1 atom stereocenters. The first kappa shape index (κ1) is 23.4. The number of carbonyl (C=O) groups excluding carboxylic acids is 1. The van der Waals surface area contributed by atoms with E-state index in [0.29, 0.717) is 26.9 Å². The first-order valence-corrected chi connectivity index (χ1v) is 11.5. The van der Waals surface area contributed by atoms with Crippen LogP contribution >= 0.6 is 15.9 Å². The van der Waals surface area contributed by atoms with Crippen molar-refractivity contribution >= 4 is 39.0 Å². The normalized spacial score (nSPS) is 12.1. The summed E-state index contributed by atoms with van der Waals surface area (Å²) in [6, 6.07) is 21.9. The average molecular weight is 520 g/mol. The molecule has 0 radical (unpaired) electrons. The number of carbonyl (C=O) groups is 1. The van der Waals surface area contributed by atoms with Crippen LogP contribution < -0.4 is 10.3 Å². The van der Waals surface area contributed by atoms with Crippen molar-refractivity contribution in [2.45, 2.75) is 20.0 Å². The van der Waals surface area contributed by atoms with Crippen LogP contribution in [0.3, 0.4) is 0 Å². The Kier molecular flexibility index (Phi) is 7.18. The van der Waals surface area contributed by atoms with Crippen LogP contribution in [0.4, 0.5) is 0 Å². The molecule has 0 fully saturated rings. The molecule has 0 aliphatic rings. The number of hydrogen-bond donors (Lipinski definition) is 0. The van der Waals surface area contributed by atoms with E-state index in [9.17, 15) is 9.59 Å². The molecule has 7 nitrogen and oxygen atoms in total. The summed E-state index contributed by atoms with van der Waals surface area (Å²) in [5.41, 5.74) is 1.85. The van der Waals surface area contributed by atoms with Crippen molar-refractivity contribution in [3.05, 3.63) is 93.2 Å². The molecule has 8 heteroatoms. The third-order valence-electron chi connectivity index (χ3n) is 4.99. The van der Waals surface area contributed by atoms with Crippen LogP contribution in [-0.4, -0.2) is 34.6 Å². The molecule has 0 aliphatic heterocycles. The molecule has 1 aromatic heterocycles. The summed E-state index contributed by atoms with van der Waals surface area (Å²) >= 11 is 3.47. The molecule has 172 valence electrons. The number of rotatable bonds is 7. The quantitative estimate of drug-likeness (QED) is 0.252. The molecule has 34 heavy (non-hydrogen) atoms. The molecule has 0 bridgehead atoms. The van der Waals surface area contributed by atoms with Gasteiger partial charge in [0.15, 0.2) is 11.9 Å². The molecule has 0 amide bonds. The van der Waals surface area contributed by atoms with E-state index < -0.39 is 12.1 Å². The third kappa shape index (κ3) is 5.07. The highest BCUT2D eigenvalue weighted by molar-refractivity contribution is 9.10. The van der Waals surface area contributed by atoms with Crippen molar-refractivity contribution in [3.63, 3.8) is 0 Å². The van der Waals surface area contributed by atoms with Gasteiger partial charge in [-0.25, -0.2) is 9.78 Å². The minimum absolute atomic E-state index is 0.261. The van der Waals surface area contributed by atoms with Crippen LogP contribution in [-0.2, 0) is 9.53 Å².